The van der Waals surface area contributed by atoms with E-state index in [2.05, 4.69) is 5.92 Å². The van der Waals surface area contributed by atoms with Gasteiger partial charge in [-0.3, -0.25) is 4.79 Å². The molecule has 0 amide bonds. The normalized spacial score (nSPS) is 10.4. The van der Waals surface area contributed by atoms with Gasteiger partial charge in [-0.2, -0.15) is 0 Å². The molecule has 0 saturated carbocycles. The van der Waals surface area contributed by atoms with Crippen molar-refractivity contribution in [3.8, 4) is 18.1 Å². The van der Waals surface area contributed by atoms with Crippen LogP contribution in [-0.2, 0) is 0 Å². The Kier molecular flexibility index (Phi) is 5.66. The molecule has 110 valence electrons. The summed E-state index contributed by atoms with van der Waals surface area (Å²) in [7, 11) is 0. The zero-order chi connectivity index (χ0) is 15.9. The van der Waals surface area contributed by atoms with Gasteiger partial charge in [0.2, 0.25) is 0 Å². The first-order valence-corrected chi connectivity index (χ1v) is 7.20. The molecule has 0 bridgehead atoms. The van der Waals surface area contributed by atoms with Gasteiger partial charge in [0.25, 0.3) is 0 Å². The van der Waals surface area contributed by atoms with E-state index in [4.69, 9.17) is 34.4 Å². The molecule has 0 radical (unpaired) electrons. The Morgan fingerprint density at radius 3 is 2.73 bits per heavy atom. The first kappa shape index (κ1) is 16.2. The second-order valence-electron chi connectivity index (χ2n) is 4.35. The topological polar surface area (TPSA) is 26.3 Å². The predicted molar refractivity (Wildman–Crippen MR) is 90.6 cm³/mol. The highest BCUT2D eigenvalue weighted by Crippen LogP contribution is 2.25. The molecule has 22 heavy (non-hydrogen) atoms. The molecule has 0 saturated heterocycles. The van der Waals surface area contributed by atoms with E-state index in [0.29, 0.717) is 26.9 Å². The van der Waals surface area contributed by atoms with Crippen molar-refractivity contribution in [3.05, 3.63) is 69.7 Å². The van der Waals surface area contributed by atoms with Crippen molar-refractivity contribution in [3.63, 3.8) is 0 Å². The molecule has 0 unspecified atom stereocenters. The minimum Gasteiger partial charge on any atom is -0.480 e. The lowest BCUT2D eigenvalue weighted by Crippen LogP contribution is -1.97. The van der Waals surface area contributed by atoms with Crippen LogP contribution < -0.4 is 4.74 Å². The van der Waals surface area contributed by atoms with Gasteiger partial charge in [0, 0.05) is 16.1 Å². The third-order valence-electron chi connectivity index (χ3n) is 2.84. The molecule has 0 spiro atoms. The fourth-order valence-corrected chi connectivity index (χ4v) is 2.23. The maximum atomic E-state index is 12.2. The van der Waals surface area contributed by atoms with Gasteiger partial charge in [-0.1, -0.05) is 41.3 Å². The molecule has 0 aromatic heterocycles. The molecular weight excluding hydrogens is 319 g/mol. The molecule has 0 fully saturated rings. The highest BCUT2D eigenvalue weighted by atomic mass is 35.5. The van der Waals surface area contributed by atoms with Gasteiger partial charge in [-0.05, 0) is 42.5 Å². The summed E-state index contributed by atoms with van der Waals surface area (Å²) < 4.78 is 5.42. The zero-order valence-corrected chi connectivity index (χ0v) is 13.1. The molecule has 2 rings (SSSR count). The third kappa shape index (κ3) is 4.14. The molecule has 4 heteroatoms. The second-order valence-corrected chi connectivity index (χ2v) is 5.20. The summed E-state index contributed by atoms with van der Waals surface area (Å²) in [6, 6.07) is 12.0. The Balaban J connectivity index is 2.26. The number of rotatable bonds is 5. The van der Waals surface area contributed by atoms with E-state index in [-0.39, 0.29) is 12.4 Å². The smallest absolute Gasteiger partial charge is 0.187 e. The number of hydrogen-bond acceptors (Lipinski definition) is 2. The summed E-state index contributed by atoms with van der Waals surface area (Å²) in [6.45, 7) is 0.140. The Morgan fingerprint density at radius 1 is 1.23 bits per heavy atom. The summed E-state index contributed by atoms with van der Waals surface area (Å²) in [5.41, 5.74) is 1.11. The average molecular weight is 331 g/mol. The highest BCUT2D eigenvalue weighted by Gasteiger charge is 2.07. The zero-order valence-electron chi connectivity index (χ0n) is 11.6. The van der Waals surface area contributed by atoms with E-state index in [1.165, 1.54) is 6.08 Å². The minimum atomic E-state index is -0.200. The Labute approximate surface area is 139 Å². The van der Waals surface area contributed by atoms with E-state index in [0.717, 1.165) is 0 Å². The van der Waals surface area contributed by atoms with Gasteiger partial charge < -0.3 is 4.74 Å². The number of carbonyl (C=O) groups is 1. The van der Waals surface area contributed by atoms with Crippen LogP contribution in [0.15, 0.2) is 48.5 Å². The van der Waals surface area contributed by atoms with Crippen LogP contribution in [0, 0.1) is 12.3 Å². The number of halogens is 2. The molecule has 2 nitrogen and oxygen atoms in total. The lowest BCUT2D eigenvalue weighted by atomic mass is 10.1. The SMILES string of the molecule is C#CCOc1ccc(Cl)cc1/C=C/C(=O)c1ccccc1Cl. The standard InChI is InChI=1S/C18H12Cl2O2/c1-2-11-22-18-10-8-14(19)12-13(18)7-9-17(21)15-5-3-4-6-16(15)20/h1,3-10,12H,11H2/b9-7+. The van der Waals surface area contributed by atoms with E-state index in [1.807, 2.05) is 0 Å². The van der Waals surface area contributed by atoms with Crippen molar-refractivity contribution in [2.75, 3.05) is 6.61 Å². The molecule has 0 atom stereocenters. The largest absolute Gasteiger partial charge is 0.480 e. The molecular formula is C18H12Cl2O2. The van der Waals surface area contributed by atoms with Crippen LogP contribution >= 0.6 is 23.2 Å². The van der Waals surface area contributed by atoms with Crippen LogP contribution in [0.2, 0.25) is 10.0 Å². The summed E-state index contributed by atoms with van der Waals surface area (Å²) in [4.78, 5) is 12.2. The first-order chi connectivity index (χ1) is 10.6. The third-order valence-corrected chi connectivity index (χ3v) is 3.40. The van der Waals surface area contributed by atoms with Crippen molar-refractivity contribution < 1.29 is 9.53 Å². The lowest BCUT2D eigenvalue weighted by molar-refractivity contribution is 0.104. The number of benzene rings is 2. The molecule has 0 N–H and O–H groups in total. The summed E-state index contributed by atoms with van der Waals surface area (Å²) >= 11 is 12.0. The highest BCUT2D eigenvalue weighted by molar-refractivity contribution is 6.34. The number of ether oxygens (including phenoxy) is 1. The van der Waals surface area contributed by atoms with Crippen molar-refractivity contribution in [1.82, 2.24) is 0 Å². The molecule has 0 heterocycles. The summed E-state index contributed by atoms with van der Waals surface area (Å²) in [5, 5.41) is 0.949. The van der Waals surface area contributed by atoms with Gasteiger partial charge in [-0.25, -0.2) is 0 Å². The first-order valence-electron chi connectivity index (χ1n) is 6.44. The van der Waals surface area contributed by atoms with Gasteiger partial charge in [0.1, 0.15) is 12.4 Å². The van der Waals surface area contributed by atoms with Crippen LogP contribution in [0.1, 0.15) is 15.9 Å². The Hall–Kier alpha value is -2.21. The van der Waals surface area contributed by atoms with Gasteiger partial charge >= 0.3 is 0 Å². The maximum absolute atomic E-state index is 12.2. The van der Waals surface area contributed by atoms with Gasteiger partial charge in [0.15, 0.2) is 5.78 Å². The van der Waals surface area contributed by atoms with Crippen LogP contribution in [0.5, 0.6) is 5.75 Å². The van der Waals surface area contributed by atoms with Crippen molar-refractivity contribution in [2.24, 2.45) is 0 Å². The van der Waals surface area contributed by atoms with E-state index in [1.54, 1.807) is 48.5 Å². The van der Waals surface area contributed by atoms with Crippen molar-refractivity contribution in [2.45, 2.75) is 0 Å². The van der Waals surface area contributed by atoms with Gasteiger partial charge in [0.05, 0.1) is 5.02 Å². The monoisotopic (exact) mass is 330 g/mol. The number of carbonyl (C=O) groups excluding carboxylic acids is 1. The van der Waals surface area contributed by atoms with Crippen molar-refractivity contribution >= 4 is 35.1 Å². The quantitative estimate of drug-likeness (QED) is 0.442. The van der Waals surface area contributed by atoms with E-state index in [9.17, 15) is 4.79 Å². The number of terminal acetylenes is 1. The number of allylic oxidation sites excluding steroid dienone is 1. The lowest BCUT2D eigenvalue weighted by Gasteiger charge is -2.07. The number of hydrogen-bond donors (Lipinski definition) is 0. The fourth-order valence-electron chi connectivity index (χ4n) is 1.82. The Bertz CT molecular complexity index is 758. The second kappa shape index (κ2) is 7.70. The molecule has 0 aliphatic rings. The van der Waals surface area contributed by atoms with Crippen LogP contribution in [0.25, 0.3) is 6.08 Å². The Morgan fingerprint density at radius 2 is 2.00 bits per heavy atom. The minimum absolute atomic E-state index is 0.140. The molecule has 0 aliphatic carbocycles. The maximum Gasteiger partial charge on any atom is 0.187 e. The predicted octanol–water partition coefficient (Wildman–Crippen LogP) is 4.90. The van der Waals surface area contributed by atoms with E-state index < -0.39 is 0 Å². The van der Waals surface area contributed by atoms with Crippen molar-refractivity contribution in [1.29, 1.82) is 0 Å². The summed E-state index contributed by atoms with van der Waals surface area (Å²) in [5.74, 6) is 2.75. The number of ketones is 1. The van der Waals surface area contributed by atoms with E-state index >= 15 is 0 Å². The molecule has 0 aliphatic heterocycles. The van der Waals surface area contributed by atoms with Crippen LogP contribution in [0.3, 0.4) is 0 Å². The molecule has 2 aromatic carbocycles. The average Bonchev–Trinajstić information content (AvgIpc) is 2.52. The fraction of sp³-hybridized carbons (Fsp3) is 0.0556. The summed E-state index contributed by atoms with van der Waals surface area (Å²) in [6.07, 6.45) is 8.24. The van der Waals surface area contributed by atoms with Gasteiger partial charge in [-0.15, -0.1) is 6.42 Å². The molecule has 2 aromatic rings. The van der Waals surface area contributed by atoms with Crippen LogP contribution in [-0.4, -0.2) is 12.4 Å². The van der Waals surface area contributed by atoms with Crippen LogP contribution in [0.4, 0.5) is 0 Å².